The Kier molecular flexibility index (Phi) is 15.7. The number of carbonyl (C=O) groups excluding carboxylic acids is 6. The monoisotopic (exact) mass is 613 g/mol. The second-order valence-electron chi connectivity index (χ2n) is 11.8. The Morgan fingerprint density at radius 2 is 1.64 bits per heavy atom. The van der Waals surface area contributed by atoms with Crippen LogP contribution in [-0.2, 0) is 33.5 Å². The summed E-state index contributed by atoms with van der Waals surface area (Å²) in [6, 6.07) is -3.37. The fourth-order valence-electron chi connectivity index (χ4n) is 4.98. The van der Waals surface area contributed by atoms with E-state index in [-0.39, 0.29) is 61.2 Å². The number of thioether (sulfide) groups is 1. The highest BCUT2D eigenvalue weighted by molar-refractivity contribution is 7.98. The summed E-state index contributed by atoms with van der Waals surface area (Å²) in [5.74, 6) is -2.13. The zero-order valence-electron chi connectivity index (χ0n) is 26.6. The minimum absolute atomic E-state index is 0.0201. The Bertz CT molecular complexity index is 971. The van der Waals surface area contributed by atoms with E-state index >= 15 is 0 Å². The van der Waals surface area contributed by atoms with Crippen LogP contribution in [0.25, 0.3) is 0 Å². The maximum absolute atomic E-state index is 13.7. The van der Waals surface area contributed by atoms with Crippen molar-refractivity contribution in [3.63, 3.8) is 0 Å². The average molecular weight is 614 g/mol. The van der Waals surface area contributed by atoms with Gasteiger partial charge in [-0.15, -0.1) is 0 Å². The summed E-state index contributed by atoms with van der Waals surface area (Å²) in [6.45, 7) is 11.1. The fraction of sp³-hybridized carbons (Fsp3) is 0.793. The normalized spacial score (nSPS) is 19.8. The van der Waals surface area contributed by atoms with Gasteiger partial charge in [0.1, 0.15) is 12.1 Å². The van der Waals surface area contributed by atoms with Crippen LogP contribution in [0.5, 0.6) is 0 Å². The molecule has 0 spiro atoms. The number of nitrogens with zero attached hydrogens (tertiary/aromatic N) is 1. The molecule has 240 valence electrons. The highest BCUT2D eigenvalue weighted by Crippen LogP contribution is 2.26. The summed E-state index contributed by atoms with van der Waals surface area (Å²) in [5.41, 5.74) is -0.489. The number of Topliss-reactive ketones (excluding diaryl/α,β-unsaturated/α-hetero) is 2. The van der Waals surface area contributed by atoms with Crippen LogP contribution < -0.4 is 21.3 Å². The molecule has 6 atom stereocenters. The first kappa shape index (κ1) is 37.5. The Balaban J connectivity index is 3.04. The van der Waals surface area contributed by atoms with Crippen LogP contribution in [0.3, 0.4) is 0 Å². The number of nitrogens with one attached hydrogen (secondary N) is 4. The minimum Gasteiger partial charge on any atom is -0.371 e. The Morgan fingerprint density at radius 3 is 2.14 bits per heavy atom. The molecule has 1 heterocycles. The molecular weight excluding hydrogens is 562 g/mol. The second kappa shape index (κ2) is 17.6. The largest absolute Gasteiger partial charge is 0.371 e. The molecular formula is C29H51N5O7S. The zero-order chi connectivity index (χ0) is 32.2. The van der Waals surface area contributed by atoms with Gasteiger partial charge in [-0.05, 0) is 46.9 Å². The van der Waals surface area contributed by atoms with E-state index in [4.69, 9.17) is 4.74 Å². The third kappa shape index (κ3) is 12.0. The van der Waals surface area contributed by atoms with Gasteiger partial charge in [0, 0.05) is 38.6 Å². The molecule has 42 heavy (non-hydrogen) atoms. The first-order valence-corrected chi connectivity index (χ1v) is 16.0. The lowest BCUT2D eigenvalue weighted by molar-refractivity contribution is -0.142. The van der Waals surface area contributed by atoms with Crippen LogP contribution in [0.2, 0.25) is 0 Å². The quantitative estimate of drug-likeness (QED) is 0.186. The van der Waals surface area contributed by atoms with Crippen LogP contribution in [0, 0.1) is 5.92 Å². The van der Waals surface area contributed by atoms with E-state index in [2.05, 4.69) is 21.3 Å². The van der Waals surface area contributed by atoms with Crippen LogP contribution in [-0.4, -0.2) is 109 Å². The van der Waals surface area contributed by atoms with Gasteiger partial charge in [-0.1, -0.05) is 20.3 Å². The number of rotatable bonds is 17. The summed E-state index contributed by atoms with van der Waals surface area (Å²) in [7, 11) is 3.13. The molecule has 0 aromatic heterocycles. The van der Waals surface area contributed by atoms with E-state index in [0.717, 1.165) is 6.42 Å². The lowest BCUT2D eigenvalue weighted by Crippen LogP contribution is -2.57. The molecule has 0 aliphatic carbocycles. The number of likely N-dealkylation sites (N-methyl/N-ethyl adjacent to an activating group) is 1. The number of carbonyl (C=O) groups is 6. The van der Waals surface area contributed by atoms with Crippen molar-refractivity contribution < 1.29 is 33.5 Å². The van der Waals surface area contributed by atoms with Crippen LogP contribution in [0.15, 0.2) is 0 Å². The highest BCUT2D eigenvalue weighted by atomic mass is 32.2. The van der Waals surface area contributed by atoms with Crippen LogP contribution >= 0.6 is 11.8 Å². The van der Waals surface area contributed by atoms with Crippen molar-refractivity contribution in [1.82, 2.24) is 26.2 Å². The zero-order valence-corrected chi connectivity index (χ0v) is 27.4. The van der Waals surface area contributed by atoms with E-state index < -0.39 is 47.4 Å². The molecule has 12 nitrogen and oxygen atoms in total. The molecule has 1 saturated heterocycles. The molecule has 0 aromatic carbocycles. The Morgan fingerprint density at radius 1 is 1.00 bits per heavy atom. The van der Waals surface area contributed by atoms with Crippen molar-refractivity contribution in [1.29, 1.82) is 0 Å². The van der Waals surface area contributed by atoms with Crippen molar-refractivity contribution >= 4 is 47.0 Å². The summed E-state index contributed by atoms with van der Waals surface area (Å²) < 4.78 is 6.03. The van der Waals surface area contributed by atoms with Crippen molar-refractivity contribution in [2.24, 2.45) is 5.92 Å². The lowest BCUT2D eigenvalue weighted by atomic mass is 9.93. The van der Waals surface area contributed by atoms with E-state index in [1.54, 1.807) is 13.3 Å². The van der Waals surface area contributed by atoms with Gasteiger partial charge >= 0.3 is 0 Å². The van der Waals surface area contributed by atoms with Gasteiger partial charge in [-0.25, -0.2) is 0 Å². The number of likely N-dealkylation sites (tertiary alicyclic amines) is 1. The van der Waals surface area contributed by atoms with Gasteiger partial charge < -0.3 is 30.9 Å². The molecule has 0 aromatic rings. The van der Waals surface area contributed by atoms with Crippen molar-refractivity contribution in [3.05, 3.63) is 0 Å². The number of amides is 4. The molecule has 1 aliphatic rings. The van der Waals surface area contributed by atoms with Crippen molar-refractivity contribution in [2.75, 3.05) is 32.6 Å². The number of hydrogen-bond donors (Lipinski definition) is 4. The standard InChI is InChI=1S/C29H51N5O7S/c1-10-17(2)26(31-8)23(36)11-12-24(37)32-21(16-42-9)27(39)33-20(14-25(38)30-7)28(40)34-15-19(41-29(4,5)6)13-22(34)18(3)35/h17,19-22,26,31H,10-16H2,1-9H3,(H,30,38)(H,32,37)(H,33,39)/t17-,19+,20+,21-,22-,26+/m0/s1. The third-order valence-electron chi connectivity index (χ3n) is 7.27. The van der Waals surface area contributed by atoms with E-state index in [1.807, 2.05) is 34.6 Å². The van der Waals surface area contributed by atoms with Gasteiger partial charge in [0.25, 0.3) is 0 Å². The van der Waals surface area contributed by atoms with Gasteiger partial charge in [0.2, 0.25) is 23.6 Å². The van der Waals surface area contributed by atoms with E-state index in [1.165, 1.54) is 30.6 Å². The van der Waals surface area contributed by atoms with E-state index in [9.17, 15) is 28.8 Å². The molecule has 0 saturated carbocycles. The molecule has 0 radical (unpaired) electrons. The van der Waals surface area contributed by atoms with Gasteiger partial charge in [0.05, 0.1) is 30.2 Å². The average Bonchev–Trinajstić information content (AvgIpc) is 3.33. The maximum Gasteiger partial charge on any atom is 0.246 e. The second-order valence-corrected chi connectivity index (χ2v) is 12.7. The summed E-state index contributed by atoms with van der Waals surface area (Å²) in [4.78, 5) is 78.6. The van der Waals surface area contributed by atoms with Crippen LogP contribution in [0.1, 0.15) is 73.6 Å². The molecule has 4 N–H and O–H groups in total. The van der Waals surface area contributed by atoms with Gasteiger partial charge in [0.15, 0.2) is 11.6 Å². The first-order valence-electron chi connectivity index (χ1n) is 14.6. The van der Waals surface area contributed by atoms with Crippen LogP contribution in [0.4, 0.5) is 0 Å². The predicted molar refractivity (Wildman–Crippen MR) is 163 cm³/mol. The number of hydrogen-bond acceptors (Lipinski definition) is 9. The molecule has 1 rings (SSSR count). The Hall–Kier alpha value is -2.51. The van der Waals surface area contributed by atoms with Crippen molar-refractivity contribution in [2.45, 2.75) is 110 Å². The molecule has 0 unspecified atom stereocenters. The molecule has 1 fully saturated rings. The SMILES string of the molecule is CC[C@H](C)[C@@H](NC)C(=O)CCC(=O)N[C@@H](CSC)C(=O)N[C@H](CC(=O)NC)C(=O)N1C[C@H](OC(C)(C)C)C[C@H]1C(C)=O. The highest BCUT2D eigenvalue weighted by Gasteiger charge is 2.43. The summed E-state index contributed by atoms with van der Waals surface area (Å²) >= 11 is 1.32. The predicted octanol–water partition coefficient (Wildman–Crippen LogP) is 0.812. The number of ketones is 2. The first-order chi connectivity index (χ1) is 19.6. The minimum atomic E-state index is -1.26. The Labute approximate surface area is 254 Å². The number of ether oxygens (including phenoxy) is 1. The molecule has 4 amide bonds. The topological polar surface area (TPSA) is 163 Å². The molecule has 13 heteroatoms. The molecule has 0 bridgehead atoms. The van der Waals surface area contributed by atoms with Gasteiger partial charge in [-0.3, -0.25) is 28.8 Å². The fourth-order valence-corrected chi connectivity index (χ4v) is 5.55. The summed E-state index contributed by atoms with van der Waals surface area (Å²) in [5, 5.41) is 10.8. The smallest absolute Gasteiger partial charge is 0.246 e. The van der Waals surface area contributed by atoms with Crippen molar-refractivity contribution in [3.8, 4) is 0 Å². The lowest BCUT2D eigenvalue weighted by Gasteiger charge is -2.29. The van der Waals surface area contributed by atoms with E-state index in [0.29, 0.717) is 6.42 Å². The maximum atomic E-state index is 13.7. The van der Waals surface area contributed by atoms with Gasteiger partial charge in [-0.2, -0.15) is 11.8 Å². The molecule has 1 aliphatic heterocycles. The summed E-state index contributed by atoms with van der Waals surface area (Å²) in [6.07, 6.45) is 2.10. The third-order valence-corrected chi connectivity index (χ3v) is 7.94.